The second-order valence-corrected chi connectivity index (χ2v) is 5.20. The highest BCUT2D eigenvalue weighted by Crippen LogP contribution is 2.01. The first-order chi connectivity index (χ1) is 10.8. The van der Waals surface area contributed by atoms with Gasteiger partial charge in [-0.25, -0.2) is 0 Å². The molecule has 2 heterocycles. The Labute approximate surface area is 131 Å². The minimum absolute atomic E-state index is 0.709. The number of hydrogen-bond acceptors (Lipinski definition) is 2. The van der Waals surface area contributed by atoms with Crippen molar-refractivity contribution in [1.29, 1.82) is 10.5 Å². The second kappa shape index (κ2) is 8.54. The minimum Gasteiger partial charge on any atom is -0.190 e. The molecule has 0 aliphatic carbocycles. The van der Waals surface area contributed by atoms with E-state index in [0.717, 1.165) is 38.8 Å². The van der Waals surface area contributed by atoms with Crippen LogP contribution in [-0.2, 0) is 13.1 Å². The maximum absolute atomic E-state index is 9.03. The van der Waals surface area contributed by atoms with Crippen molar-refractivity contribution < 1.29 is 9.13 Å². The van der Waals surface area contributed by atoms with E-state index >= 15 is 0 Å². The Morgan fingerprint density at radius 3 is 1.55 bits per heavy atom. The van der Waals surface area contributed by atoms with Crippen LogP contribution >= 0.6 is 0 Å². The molecule has 4 heteroatoms. The van der Waals surface area contributed by atoms with E-state index in [1.165, 1.54) is 0 Å². The predicted octanol–water partition coefficient (Wildman–Crippen LogP) is 2.27. The highest BCUT2D eigenvalue weighted by atomic mass is 15.0. The Balaban J connectivity index is 1.70. The fraction of sp³-hybridized carbons (Fsp3) is 0.333. The van der Waals surface area contributed by atoms with Crippen molar-refractivity contribution in [3.05, 3.63) is 60.2 Å². The molecule has 2 aromatic heterocycles. The first-order valence-electron chi connectivity index (χ1n) is 7.62. The zero-order valence-corrected chi connectivity index (χ0v) is 12.7. The van der Waals surface area contributed by atoms with Gasteiger partial charge in [-0.1, -0.05) is 0 Å². The number of pyridine rings is 2. The highest BCUT2D eigenvalue weighted by molar-refractivity contribution is 5.13. The maximum atomic E-state index is 9.03. The Morgan fingerprint density at radius 1 is 0.682 bits per heavy atom. The highest BCUT2D eigenvalue weighted by Gasteiger charge is 2.09. The molecule has 0 saturated heterocycles. The summed E-state index contributed by atoms with van der Waals surface area (Å²) in [5.41, 5.74) is 1.42. The molecule has 2 aromatic rings. The molecule has 0 aromatic carbocycles. The van der Waals surface area contributed by atoms with Gasteiger partial charge in [-0.3, -0.25) is 0 Å². The van der Waals surface area contributed by atoms with Gasteiger partial charge in [0.2, 0.25) is 0 Å². The quantitative estimate of drug-likeness (QED) is 0.580. The molecule has 0 aliphatic heterocycles. The molecular formula is C18H20N4+2. The van der Waals surface area contributed by atoms with Crippen molar-refractivity contribution in [3.63, 3.8) is 0 Å². The lowest BCUT2D eigenvalue weighted by Crippen LogP contribution is -2.37. The van der Waals surface area contributed by atoms with E-state index in [9.17, 15) is 0 Å². The third-order valence-electron chi connectivity index (χ3n) is 3.66. The first-order valence-corrected chi connectivity index (χ1v) is 7.62. The van der Waals surface area contributed by atoms with E-state index in [1.54, 1.807) is 0 Å². The Hall–Kier alpha value is -2.72. The molecule has 0 unspecified atom stereocenters. The monoisotopic (exact) mass is 292 g/mol. The van der Waals surface area contributed by atoms with Crippen LogP contribution in [0.1, 0.15) is 37.1 Å². The summed E-state index contributed by atoms with van der Waals surface area (Å²) >= 11 is 0. The summed E-state index contributed by atoms with van der Waals surface area (Å²) < 4.78 is 4.00. The number of unbranched alkanes of at least 4 members (excludes halogenated alkanes) is 3. The van der Waals surface area contributed by atoms with Crippen LogP contribution in [0.3, 0.4) is 0 Å². The van der Waals surface area contributed by atoms with Crippen LogP contribution in [0.15, 0.2) is 48.8 Å². The molecule has 22 heavy (non-hydrogen) atoms. The molecule has 0 aliphatic rings. The summed E-state index contributed by atoms with van der Waals surface area (Å²) in [6.07, 6.45) is 8.29. The van der Waals surface area contributed by atoms with Gasteiger partial charge in [0.1, 0.15) is 13.1 Å². The van der Waals surface area contributed by atoms with Crippen molar-refractivity contribution >= 4 is 0 Å². The van der Waals surface area contributed by atoms with Crippen molar-refractivity contribution in [2.24, 2.45) is 0 Å². The number of hydrogen-bond donors (Lipinski definition) is 0. The molecule has 0 radical (unpaired) electrons. The van der Waals surface area contributed by atoms with Crippen LogP contribution in [0.25, 0.3) is 0 Å². The van der Waals surface area contributed by atoms with E-state index in [4.69, 9.17) is 10.5 Å². The number of rotatable bonds is 7. The van der Waals surface area contributed by atoms with Crippen LogP contribution in [0.4, 0.5) is 0 Å². The molecule has 0 N–H and O–H groups in total. The summed E-state index contributed by atoms with van der Waals surface area (Å²) in [5, 5.41) is 18.1. The van der Waals surface area contributed by atoms with Gasteiger partial charge in [0.25, 0.3) is 11.4 Å². The van der Waals surface area contributed by atoms with Crippen LogP contribution < -0.4 is 9.13 Å². The second-order valence-electron chi connectivity index (χ2n) is 5.20. The van der Waals surface area contributed by atoms with Crippen LogP contribution in [0, 0.1) is 22.7 Å². The average molecular weight is 292 g/mol. The zero-order valence-electron chi connectivity index (χ0n) is 12.7. The fourth-order valence-corrected chi connectivity index (χ4v) is 2.46. The van der Waals surface area contributed by atoms with E-state index in [1.807, 2.05) is 57.9 Å². The fourth-order valence-electron chi connectivity index (χ4n) is 2.46. The van der Waals surface area contributed by atoms with Gasteiger partial charge in [0.05, 0.1) is 0 Å². The van der Waals surface area contributed by atoms with E-state index < -0.39 is 0 Å². The summed E-state index contributed by atoms with van der Waals surface area (Å²) in [7, 11) is 0. The largest absolute Gasteiger partial charge is 0.283 e. The first kappa shape index (κ1) is 15.7. The van der Waals surface area contributed by atoms with Crippen molar-refractivity contribution in [2.45, 2.75) is 38.8 Å². The average Bonchev–Trinajstić information content (AvgIpc) is 2.58. The Morgan fingerprint density at radius 2 is 1.14 bits per heavy atom. The summed E-state index contributed by atoms with van der Waals surface area (Å²) in [5.74, 6) is 0. The molecule has 0 fully saturated rings. The Bertz CT molecular complexity index is 633. The molecular weight excluding hydrogens is 272 g/mol. The van der Waals surface area contributed by atoms with Gasteiger partial charge in [0, 0.05) is 37.1 Å². The van der Waals surface area contributed by atoms with Gasteiger partial charge in [0.15, 0.2) is 24.5 Å². The molecule has 0 spiro atoms. The topological polar surface area (TPSA) is 55.3 Å². The standard InChI is InChI=1S/C18H20N4/c19-15-17-9-3-7-13-21(17)11-5-1-2-6-12-22-14-8-4-10-18(22)16-20/h3-4,7-10,13-14H,1-2,5-6,11-12H2/q+2. The summed E-state index contributed by atoms with van der Waals surface area (Å²) in [4.78, 5) is 0. The van der Waals surface area contributed by atoms with Crippen LogP contribution in [0.2, 0.25) is 0 Å². The van der Waals surface area contributed by atoms with Gasteiger partial charge < -0.3 is 0 Å². The van der Waals surface area contributed by atoms with Gasteiger partial charge in [-0.15, -0.1) is 0 Å². The number of nitriles is 2. The number of nitrogens with zero attached hydrogens (tertiary/aromatic N) is 4. The normalized spacial score (nSPS) is 9.91. The SMILES string of the molecule is N#Cc1cccc[n+]1CCCCCC[n+]1ccccc1C#N. The third kappa shape index (κ3) is 4.40. The minimum atomic E-state index is 0.709. The van der Waals surface area contributed by atoms with Crippen LogP contribution in [0.5, 0.6) is 0 Å². The van der Waals surface area contributed by atoms with Crippen molar-refractivity contribution in [3.8, 4) is 12.1 Å². The molecule has 0 bridgehead atoms. The summed E-state index contributed by atoms with van der Waals surface area (Å²) in [6.45, 7) is 1.76. The van der Waals surface area contributed by atoms with Gasteiger partial charge in [-0.2, -0.15) is 19.7 Å². The molecule has 0 saturated carbocycles. The van der Waals surface area contributed by atoms with Crippen molar-refractivity contribution in [2.75, 3.05) is 0 Å². The summed E-state index contributed by atoms with van der Waals surface area (Å²) in [6, 6.07) is 15.8. The maximum Gasteiger partial charge on any atom is 0.283 e. The smallest absolute Gasteiger partial charge is 0.190 e. The van der Waals surface area contributed by atoms with E-state index in [0.29, 0.717) is 11.4 Å². The van der Waals surface area contributed by atoms with E-state index in [2.05, 4.69) is 12.1 Å². The van der Waals surface area contributed by atoms with Crippen molar-refractivity contribution in [1.82, 2.24) is 0 Å². The van der Waals surface area contributed by atoms with Gasteiger partial charge >= 0.3 is 0 Å². The predicted molar refractivity (Wildman–Crippen MR) is 81.2 cm³/mol. The lowest BCUT2D eigenvalue weighted by molar-refractivity contribution is -0.701. The lowest BCUT2D eigenvalue weighted by Gasteiger charge is -2.00. The van der Waals surface area contributed by atoms with Gasteiger partial charge in [-0.05, 0) is 25.0 Å². The molecule has 2 rings (SSSR count). The molecule has 0 atom stereocenters. The number of aromatic nitrogens is 2. The van der Waals surface area contributed by atoms with Crippen LogP contribution in [-0.4, -0.2) is 0 Å². The lowest BCUT2D eigenvalue weighted by atomic mass is 10.2. The Kier molecular flexibility index (Phi) is 6.08. The third-order valence-corrected chi connectivity index (χ3v) is 3.66. The van der Waals surface area contributed by atoms with E-state index in [-0.39, 0.29) is 0 Å². The molecule has 4 nitrogen and oxygen atoms in total. The number of aryl methyl sites for hydroxylation is 2. The molecule has 0 amide bonds. The zero-order chi connectivity index (χ0) is 15.6. The molecule has 110 valence electrons.